The van der Waals surface area contributed by atoms with Gasteiger partial charge in [-0.1, -0.05) is 26.8 Å². The standard InChI is InChI=1S/C15H25NO2/c1-4-9-18-14-8-6-7-13(10-14)16-11-15(3,5-2)12-17/h6-8,10,16-17H,4-5,9,11-12H2,1-3H3. The van der Waals surface area contributed by atoms with Gasteiger partial charge < -0.3 is 15.2 Å². The maximum absolute atomic E-state index is 9.37. The molecule has 0 fully saturated rings. The van der Waals surface area contributed by atoms with Gasteiger partial charge in [-0.05, 0) is 25.0 Å². The van der Waals surface area contributed by atoms with Crippen molar-refractivity contribution in [2.75, 3.05) is 25.1 Å². The van der Waals surface area contributed by atoms with Crippen LogP contribution in [0.1, 0.15) is 33.6 Å². The number of benzene rings is 1. The molecule has 0 saturated heterocycles. The SMILES string of the molecule is CCCOc1cccc(NCC(C)(CC)CO)c1. The lowest BCUT2D eigenvalue weighted by molar-refractivity contribution is 0.149. The third kappa shape index (κ3) is 4.57. The molecule has 0 aromatic heterocycles. The molecule has 1 aromatic rings. The van der Waals surface area contributed by atoms with Crippen LogP contribution < -0.4 is 10.1 Å². The van der Waals surface area contributed by atoms with Crippen molar-refractivity contribution in [3.8, 4) is 5.75 Å². The van der Waals surface area contributed by atoms with Crippen LogP contribution in [0.4, 0.5) is 5.69 Å². The van der Waals surface area contributed by atoms with Gasteiger partial charge in [-0.25, -0.2) is 0 Å². The van der Waals surface area contributed by atoms with E-state index in [0.717, 1.165) is 37.4 Å². The molecule has 0 aliphatic carbocycles. The molecule has 2 N–H and O–H groups in total. The molecule has 0 amide bonds. The first-order valence-electron chi connectivity index (χ1n) is 6.71. The molecule has 0 saturated carbocycles. The molecular formula is C15H25NO2. The monoisotopic (exact) mass is 251 g/mol. The zero-order valence-corrected chi connectivity index (χ0v) is 11.7. The number of aliphatic hydroxyl groups excluding tert-OH is 1. The molecular weight excluding hydrogens is 226 g/mol. The summed E-state index contributed by atoms with van der Waals surface area (Å²) in [6, 6.07) is 7.97. The third-order valence-electron chi connectivity index (χ3n) is 3.26. The van der Waals surface area contributed by atoms with Crippen LogP contribution in [0.25, 0.3) is 0 Å². The maximum Gasteiger partial charge on any atom is 0.121 e. The minimum atomic E-state index is -0.0692. The fraction of sp³-hybridized carbons (Fsp3) is 0.600. The van der Waals surface area contributed by atoms with E-state index in [4.69, 9.17) is 4.74 Å². The third-order valence-corrected chi connectivity index (χ3v) is 3.26. The van der Waals surface area contributed by atoms with Gasteiger partial charge in [-0.15, -0.1) is 0 Å². The van der Waals surface area contributed by atoms with Gasteiger partial charge in [0.25, 0.3) is 0 Å². The Morgan fingerprint density at radius 2 is 2.11 bits per heavy atom. The second-order valence-corrected chi connectivity index (χ2v) is 5.05. The summed E-state index contributed by atoms with van der Waals surface area (Å²) < 4.78 is 5.59. The van der Waals surface area contributed by atoms with Crippen LogP contribution in [0.2, 0.25) is 0 Å². The summed E-state index contributed by atoms with van der Waals surface area (Å²) in [5, 5.41) is 12.7. The van der Waals surface area contributed by atoms with Crippen molar-refractivity contribution in [1.82, 2.24) is 0 Å². The van der Waals surface area contributed by atoms with E-state index in [0.29, 0.717) is 0 Å². The molecule has 1 atom stereocenters. The summed E-state index contributed by atoms with van der Waals surface area (Å²) in [7, 11) is 0. The second kappa shape index (κ2) is 7.27. The molecule has 0 bridgehead atoms. The van der Waals surface area contributed by atoms with Gasteiger partial charge in [0.2, 0.25) is 0 Å². The molecule has 1 unspecified atom stereocenters. The number of hydrogen-bond acceptors (Lipinski definition) is 3. The lowest BCUT2D eigenvalue weighted by Crippen LogP contribution is -2.29. The van der Waals surface area contributed by atoms with Crippen LogP contribution in [-0.2, 0) is 0 Å². The number of anilines is 1. The Hall–Kier alpha value is -1.22. The van der Waals surface area contributed by atoms with Crippen molar-refractivity contribution in [1.29, 1.82) is 0 Å². The Labute approximate surface area is 110 Å². The molecule has 18 heavy (non-hydrogen) atoms. The topological polar surface area (TPSA) is 41.5 Å². The van der Waals surface area contributed by atoms with Crippen molar-refractivity contribution in [2.24, 2.45) is 5.41 Å². The van der Waals surface area contributed by atoms with Crippen LogP contribution >= 0.6 is 0 Å². The molecule has 0 radical (unpaired) electrons. The summed E-state index contributed by atoms with van der Waals surface area (Å²) >= 11 is 0. The van der Waals surface area contributed by atoms with Gasteiger partial charge >= 0.3 is 0 Å². The highest BCUT2D eigenvalue weighted by molar-refractivity contribution is 5.48. The van der Waals surface area contributed by atoms with Gasteiger partial charge in [0.05, 0.1) is 13.2 Å². The average Bonchev–Trinajstić information content (AvgIpc) is 2.43. The van der Waals surface area contributed by atoms with E-state index >= 15 is 0 Å². The summed E-state index contributed by atoms with van der Waals surface area (Å²) in [5.74, 6) is 0.893. The van der Waals surface area contributed by atoms with E-state index in [1.165, 1.54) is 0 Å². The number of hydrogen-bond donors (Lipinski definition) is 2. The summed E-state index contributed by atoms with van der Waals surface area (Å²) in [6.07, 6.45) is 1.96. The number of nitrogens with one attached hydrogen (secondary N) is 1. The number of rotatable bonds is 8. The van der Waals surface area contributed by atoms with Crippen LogP contribution in [0, 0.1) is 5.41 Å². The maximum atomic E-state index is 9.37. The first-order valence-corrected chi connectivity index (χ1v) is 6.71. The van der Waals surface area contributed by atoms with Crippen molar-refractivity contribution in [3.05, 3.63) is 24.3 Å². The lowest BCUT2D eigenvalue weighted by atomic mass is 9.88. The fourth-order valence-electron chi connectivity index (χ4n) is 1.52. The molecule has 0 heterocycles. The van der Waals surface area contributed by atoms with E-state index < -0.39 is 0 Å². The van der Waals surface area contributed by atoms with Crippen molar-refractivity contribution in [2.45, 2.75) is 33.6 Å². The van der Waals surface area contributed by atoms with Gasteiger partial charge in [0.15, 0.2) is 0 Å². The Balaban J connectivity index is 2.56. The van der Waals surface area contributed by atoms with E-state index in [-0.39, 0.29) is 12.0 Å². The van der Waals surface area contributed by atoms with Gasteiger partial charge in [0, 0.05) is 23.7 Å². The summed E-state index contributed by atoms with van der Waals surface area (Å²) in [4.78, 5) is 0. The van der Waals surface area contributed by atoms with Gasteiger partial charge in [-0.2, -0.15) is 0 Å². The predicted octanol–water partition coefficient (Wildman–Crippen LogP) is 3.30. The van der Waals surface area contributed by atoms with Gasteiger partial charge in [0.1, 0.15) is 5.75 Å². The molecule has 102 valence electrons. The quantitative estimate of drug-likeness (QED) is 0.745. The Morgan fingerprint density at radius 3 is 2.72 bits per heavy atom. The van der Waals surface area contributed by atoms with Crippen LogP contribution in [0.15, 0.2) is 24.3 Å². The highest BCUT2D eigenvalue weighted by atomic mass is 16.5. The van der Waals surface area contributed by atoms with Crippen molar-refractivity contribution >= 4 is 5.69 Å². The first kappa shape index (κ1) is 14.8. The Morgan fingerprint density at radius 1 is 1.33 bits per heavy atom. The minimum absolute atomic E-state index is 0.0692. The van der Waals surface area contributed by atoms with Crippen molar-refractivity contribution in [3.63, 3.8) is 0 Å². The molecule has 0 aliphatic heterocycles. The molecule has 1 rings (SSSR count). The summed E-state index contributed by atoms with van der Waals surface area (Å²) in [5.41, 5.74) is 0.969. The zero-order chi connectivity index (χ0) is 13.4. The van der Waals surface area contributed by atoms with Crippen LogP contribution in [0.5, 0.6) is 5.75 Å². The minimum Gasteiger partial charge on any atom is -0.494 e. The van der Waals surface area contributed by atoms with Crippen molar-refractivity contribution < 1.29 is 9.84 Å². The first-order chi connectivity index (χ1) is 8.63. The van der Waals surface area contributed by atoms with Crippen LogP contribution in [-0.4, -0.2) is 24.9 Å². The molecule has 0 spiro atoms. The highest BCUT2D eigenvalue weighted by Crippen LogP contribution is 2.23. The molecule has 3 nitrogen and oxygen atoms in total. The smallest absolute Gasteiger partial charge is 0.121 e. The normalized spacial score (nSPS) is 14.0. The number of ether oxygens (including phenoxy) is 1. The lowest BCUT2D eigenvalue weighted by Gasteiger charge is -2.26. The molecule has 1 aromatic carbocycles. The summed E-state index contributed by atoms with van der Waals surface area (Å²) in [6.45, 7) is 7.97. The van der Waals surface area contributed by atoms with E-state index in [1.54, 1.807) is 0 Å². The van der Waals surface area contributed by atoms with Crippen LogP contribution in [0.3, 0.4) is 0 Å². The zero-order valence-electron chi connectivity index (χ0n) is 11.7. The fourth-order valence-corrected chi connectivity index (χ4v) is 1.52. The Bertz CT molecular complexity index is 348. The average molecular weight is 251 g/mol. The predicted molar refractivity (Wildman–Crippen MR) is 76.2 cm³/mol. The van der Waals surface area contributed by atoms with Gasteiger partial charge in [-0.3, -0.25) is 0 Å². The largest absolute Gasteiger partial charge is 0.494 e. The highest BCUT2D eigenvalue weighted by Gasteiger charge is 2.20. The second-order valence-electron chi connectivity index (χ2n) is 5.05. The number of aliphatic hydroxyl groups is 1. The van der Waals surface area contributed by atoms with E-state index in [1.807, 2.05) is 24.3 Å². The van der Waals surface area contributed by atoms with E-state index in [2.05, 4.69) is 26.1 Å². The molecule has 0 aliphatic rings. The Kier molecular flexibility index (Phi) is 5.99. The molecule has 3 heteroatoms. The van der Waals surface area contributed by atoms with E-state index in [9.17, 15) is 5.11 Å².